The third kappa shape index (κ3) is 3.56. The molecule has 114 valence electrons. The monoisotopic (exact) mass is 318 g/mol. The zero-order valence-electron chi connectivity index (χ0n) is 12.1. The van der Waals surface area contributed by atoms with Crippen LogP contribution < -0.4 is 5.43 Å². The van der Waals surface area contributed by atoms with Crippen LogP contribution in [0.3, 0.4) is 0 Å². The molecule has 0 atom stereocenters. The molecule has 0 aromatic heterocycles. The molecule has 5 nitrogen and oxygen atoms in total. The van der Waals surface area contributed by atoms with Gasteiger partial charge >= 0.3 is 5.97 Å². The fourth-order valence-electron chi connectivity index (χ4n) is 1.91. The lowest BCUT2D eigenvalue weighted by Gasteiger charge is -2.07. The van der Waals surface area contributed by atoms with E-state index in [1.165, 1.54) is 12.1 Å². The number of carboxylic acid groups (broad SMARTS) is 1. The lowest BCUT2D eigenvalue weighted by Crippen LogP contribution is -2.02. The standard InChI is InChI=1S/C16H15ClN2O3/c1-9-3-5-12(15(20)7-9)10(2)18-19-11-4-6-14(17)13(8-11)16(21)22/h3-8,19-20H,1-2H3,(H,21,22)/b18-10-. The highest BCUT2D eigenvalue weighted by Crippen LogP contribution is 2.22. The number of aromatic carboxylic acids is 1. The Labute approximate surface area is 132 Å². The number of nitrogens with one attached hydrogen (secondary N) is 1. The number of benzene rings is 2. The molecule has 0 fully saturated rings. The maximum atomic E-state index is 11.0. The number of carbonyl (C=O) groups is 1. The Morgan fingerprint density at radius 1 is 1.18 bits per heavy atom. The molecule has 0 amide bonds. The Morgan fingerprint density at radius 3 is 2.55 bits per heavy atom. The Bertz CT molecular complexity index is 757. The molecule has 0 bridgehead atoms. The van der Waals surface area contributed by atoms with Gasteiger partial charge in [0.1, 0.15) is 5.75 Å². The van der Waals surface area contributed by atoms with Crippen molar-refractivity contribution in [3.63, 3.8) is 0 Å². The molecule has 0 unspecified atom stereocenters. The molecule has 0 saturated heterocycles. The topological polar surface area (TPSA) is 81.9 Å². The van der Waals surface area contributed by atoms with E-state index in [0.29, 0.717) is 17.0 Å². The van der Waals surface area contributed by atoms with Crippen LogP contribution in [0.1, 0.15) is 28.4 Å². The summed E-state index contributed by atoms with van der Waals surface area (Å²) in [7, 11) is 0. The van der Waals surface area contributed by atoms with Gasteiger partial charge in [0.2, 0.25) is 0 Å². The smallest absolute Gasteiger partial charge is 0.337 e. The minimum atomic E-state index is -1.11. The molecule has 0 heterocycles. The first-order chi connectivity index (χ1) is 10.4. The number of nitrogens with zero attached hydrogens (tertiary/aromatic N) is 1. The summed E-state index contributed by atoms with van der Waals surface area (Å²) in [6, 6.07) is 9.81. The van der Waals surface area contributed by atoms with Gasteiger partial charge in [-0.3, -0.25) is 5.43 Å². The zero-order chi connectivity index (χ0) is 16.3. The van der Waals surface area contributed by atoms with Gasteiger partial charge in [0.05, 0.1) is 22.0 Å². The van der Waals surface area contributed by atoms with Gasteiger partial charge in [0.15, 0.2) is 0 Å². The number of halogens is 1. The van der Waals surface area contributed by atoms with Gasteiger partial charge in [0, 0.05) is 5.56 Å². The number of hydrazone groups is 1. The average molecular weight is 319 g/mol. The van der Waals surface area contributed by atoms with E-state index < -0.39 is 5.97 Å². The lowest BCUT2D eigenvalue weighted by molar-refractivity contribution is 0.0697. The summed E-state index contributed by atoms with van der Waals surface area (Å²) in [5.74, 6) is -0.962. The molecule has 3 N–H and O–H groups in total. The molecule has 2 rings (SSSR count). The summed E-state index contributed by atoms with van der Waals surface area (Å²) >= 11 is 5.81. The van der Waals surface area contributed by atoms with Crippen LogP contribution in [0.25, 0.3) is 0 Å². The van der Waals surface area contributed by atoms with Crippen LogP contribution in [0.4, 0.5) is 5.69 Å². The molecule has 0 spiro atoms. The number of aryl methyl sites for hydroxylation is 1. The Morgan fingerprint density at radius 2 is 1.91 bits per heavy atom. The van der Waals surface area contributed by atoms with Gasteiger partial charge in [-0.05, 0) is 49.7 Å². The molecule has 22 heavy (non-hydrogen) atoms. The SMILES string of the molecule is C/C(=N/Nc1ccc(Cl)c(C(=O)O)c1)c1ccc(C)cc1O. The van der Waals surface area contributed by atoms with Crippen molar-refractivity contribution in [2.24, 2.45) is 5.10 Å². The molecule has 2 aromatic carbocycles. The molecule has 0 aliphatic heterocycles. The molecule has 0 radical (unpaired) electrons. The second-order valence-electron chi connectivity index (χ2n) is 4.83. The summed E-state index contributed by atoms with van der Waals surface area (Å²) < 4.78 is 0. The largest absolute Gasteiger partial charge is 0.507 e. The number of phenols is 1. The first-order valence-electron chi connectivity index (χ1n) is 6.51. The fourth-order valence-corrected chi connectivity index (χ4v) is 2.11. The first kappa shape index (κ1) is 15.9. The number of hydrogen-bond acceptors (Lipinski definition) is 4. The van der Waals surface area contributed by atoms with E-state index in [1.54, 1.807) is 25.1 Å². The first-order valence-corrected chi connectivity index (χ1v) is 6.89. The molecular formula is C16H15ClN2O3. The average Bonchev–Trinajstić information content (AvgIpc) is 2.45. The highest BCUT2D eigenvalue weighted by atomic mass is 35.5. The minimum absolute atomic E-state index is 0.00213. The van der Waals surface area contributed by atoms with Crippen LogP contribution in [0.15, 0.2) is 41.5 Å². The van der Waals surface area contributed by atoms with Crippen molar-refractivity contribution in [2.45, 2.75) is 13.8 Å². The van der Waals surface area contributed by atoms with Crippen LogP contribution in [0, 0.1) is 6.92 Å². The molecule has 0 aliphatic rings. The number of phenolic OH excluding ortho intramolecular Hbond substituents is 1. The van der Waals surface area contributed by atoms with Crippen LogP contribution in [0.2, 0.25) is 5.02 Å². The van der Waals surface area contributed by atoms with Crippen LogP contribution in [-0.2, 0) is 0 Å². The third-order valence-corrected chi connectivity index (χ3v) is 3.42. The maximum absolute atomic E-state index is 11.0. The highest BCUT2D eigenvalue weighted by Gasteiger charge is 2.09. The van der Waals surface area contributed by atoms with E-state index in [1.807, 2.05) is 13.0 Å². The molecule has 0 saturated carbocycles. The maximum Gasteiger partial charge on any atom is 0.337 e. The number of hydrogen-bond donors (Lipinski definition) is 3. The highest BCUT2D eigenvalue weighted by molar-refractivity contribution is 6.33. The predicted molar refractivity (Wildman–Crippen MR) is 87.1 cm³/mol. The quantitative estimate of drug-likeness (QED) is 0.590. The van der Waals surface area contributed by atoms with Crippen LogP contribution in [-0.4, -0.2) is 21.9 Å². The second kappa shape index (κ2) is 6.49. The molecule has 6 heteroatoms. The second-order valence-corrected chi connectivity index (χ2v) is 5.24. The normalized spacial score (nSPS) is 11.3. The van der Waals surface area contributed by atoms with E-state index in [9.17, 15) is 9.90 Å². The van der Waals surface area contributed by atoms with E-state index >= 15 is 0 Å². The van der Waals surface area contributed by atoms with Gasteiger partial charge in [-0.15, -0.1) is 0 Å². The minimum Gasteiger partial charge on any atom is -0.507 e. The summed E-state index contributed by atoms with van der Waals surface area (Å²) in [5, 5.41) is 23.3. The number of anilines is 1. The fraction of sp³-hybridized carbons (Fsp3) is 0.125. The van der Waals surface area contributed by atoms with Crippen molar-refractivity contribution in [1.82, 2.24) is 0 Å². The van der Waals surface area contributed by atoms with Crippen LogP contribution in [0.5, 0.6) is 5.75 Å². The summed E-state index contributed by atoms with van der Waals surface area (Å²) in [6.45, 7) is 3.63. The Balaban J connectivity index is 2.24. The summed E-state index contributed by atoms with van der Waals surface area (Å²) in [6.07, 6.45) is 0. The van der Waals surface area contributed by atoms with Gasteiger partial charge in [0.25, 0.3) is 0 Å². The van der Waals surface area contributed by atoms with Crippen molar-refractivity contribution in [1.29, 1.82) is 0 Å². The van der Waals surface area contributed by atoms with Gasteiger partial charge in [-0.2, -0.15) is 5.10 Å². The van der Waals surface area contributed by atoms with E-state index in [-0.39, 0.29) is 16.3 Å². The van der Waals surface area contributed by atoms with Gasteiger partial charge < -0.3 is 10.2 Å². The molecular weight excluding hydrogens is 304 g/mol. The van der Waals surface area contributed by atoms with Crippen molar-refractivity contribution in [2.75, 3.05) is 5.43 Å². The van der Waals surface area contributed by atoms with Crippen molar-refractivity contribution >= 4 is 29.0 Å². The number of rotatable bonds is 4. The van der Waals surface area contributed by atoms with Gasteiger partial charge in [-0.25, -0.2) is 4.79 Å². The lowest BCUT2D eigenvalue weighted by atomic mass is 10.1. The van der Waals surface area contributed by atoms with E-state index in [4.69, 9.17) is 16.7 Å². The van der Waals surface area contributed by atoms with E-state index in [0.717, 1.165) is 5.56 Å². The Kier molecular flexibility index (Phi) is 4.68. The number of aromatic hydroxyl groups is 1. The third-order valence-electron chi connectivity index (χ3n) is 3.09. The van der Waals surface area contributed by atoms with E-state index in [2.05, 4.69) is 10.5 Å². The van der Waals surface area contributed by atoms with Crippen molar-refractivity contribution < 1.29 is 15.0 Å². The summed E-state index contributed by atoms with van der Waals surface area (Å²) in [4.78, 5) is 11.0. The molecule has 2 aromatic rings. The zero-order valence-corrected chi connectivity index (χ0v) is 12.8. The molecule has 0 aliphatic carbocycles. The number of carboxylic acids is 1. The predicted octanol–water partition coefficient (Wildman–Crippen LogP) is 3.89. The van der Waals surface area contributed by atoms with Crippen molar-refractivity contribution in [3.8, 4) is 5.75 Å². The summed E-state index contributed by atoms with van der Waals surface area (Å²) in [5.41, 5.74) is 5.38. The van der Waals surface area contributed by atoms with Crippen LogP contribution >= 0.6 is 11.6 Å². The van der Waals surface area contributed by atoms with Crippen molar-refractivity contribution in [3.05, 3.63) is 58.1 Å². The van der Waals surface area contributed by atoms with Gasteiger partial charge in [-0.1, -0.05) is 17.7 Å². The Hall–Kier alpha value is -2.53.